The lowest BCUT2D eigenvalue weighted by molar-refractivity contribution is 0.0953. The van der Waals surface area contributed by atoms with E-state index >= 15 is 0 Å². The summed E-state index contributed by atoms with van der Waals surface area (Å²) in [6, 6.07) is 3.74. The fourth-order valence-electron chi connectivity index (χ4n) is 2.06. The standard InChI is InChI=1S/C12H13BrFNO3S/c13-11-6-8(14)3-4-10(11)12(16)15-7-9-2-1-5-19(9,17)18/h3-4,6,9H,1-2,5,7H2,(H,15,16). The summed E-state index contributed by atoms with van der Waals surface area (Å²) in [6.07, 6.45) is 1.22. The molecule has 0 saturated carbocycles. The number of carbonyl (C=O) groups excluding carboxylic acids is 1. The Morgan fingerprint density at radius 2 is 2.21 bits per heavy atom. The fraction of sp³-hybridized carbons (Fsp3) is 0.417. The molecule has 1 aliphatic rings. The van der Waals surface area contributed by atoms with Gasteiger partial charge in [-0.1, -0.05) is 0 Å². The molecule has 1 aromatic rings. The first-order valence-corrected chi connectivity index (χ1v) is 8.36. The number of rotatable bonds is 3. The lowest BCUT2D eigenvalue weighted by Gasteiger charge is -2.11. The van der Waals surface area contributed by atoms with E-state index in [1.165, 1.54) is 18.2 Å². The second kappa shape index (κ2) is 5.58. The number of hydrogen-bond acceptors (Lipinski definition) is 3. The highest BCUT2D eigenvalue weighted by atomic mass is 79.9. The topological polar surface area (TPSA) is 63.2 Å². The van der Waals surface area contributed by atoms with Gasteiger partial charge < -0.3 is 5.32 Å². The van der Waals surface area contributed by atoms with Crippen molar-refractivity contribution in [2.24, 2.45) is 0 Å². The van der Waals surface area contributed by atoms with E-state index < -0.39 is 26.8 Å². The van der Waals surface area contributed by atoms with E-state index in [-0.39, 0.29) is 17.9 Å². The third-order valence-electron chi connectivity index (χ3n) is 3.13. The van der Waals surface area contributed by atoms with Crippen LogP contribution in [0.15, 0.2) is 22.7 Å². The van der Waals surface area contributed by atoms with Gasteiger partial charge in [-0.15, -0.1) is 0 Å². The Morgan fingerprint density at radius 3 is 2.79 bits per heavy atom. The van der Waals surface area contributed by atoms with Crippen molar-refractivity contribution < 1.29 is 17.6 Å². The fourth-order valence-corrected chi connectivity index (χ4v) is 4.36. The maximum atomic E-state index is 12.9. The molecule has 2 rings (SSSR count). The SMILES string of the molecule is O=C(NCC1CCCS1(=O)=O)c1ccc(F)cc1Br. The average molecular weight is 350 g/mol. The number of sulfone groups is 1. The first kappa shape index (κ1) is 14.5. The third-order valence-corrected chi connectivity index (χ3v) is 6.06. The number of carbonyl (C=O) groups is 1. The van der Waals surface area contributed by atoms with Crippen molar-refractivity contribution >= 4 is 31.7 Å². The molecule has 0 radical (unpaired) electrons. The summed E-state index contributed by atoms with van der Waals surface area (Å²) in [6.45, 7) is 0.102. The van der Waals surface area contributed by atoms with E-state index in [4.69, 9.17) is 0 Å². The molecule has 0 aliphatic carbocycles. The molecular weight excluding hydrogens is 337 g/mol. The second-order valence-electron chi connectivity index (χ2n) is 4.47. The maximum Gasteiger partial charge on any atom is 0.252 e. The molecule has 1 unspecified atom stereocenters. The summed E-state index contributed by atoms with van der Waals surface area (Å²) in [5.41, 5.74) is 0.289. The van der Waals surface area contributed by atoms with Gasteiger partial charge in [-0.05, 0) is 47.0 Å². The average Bonchev–Trinajstić information content (AvgIpc) is 2.65. The molecule has 19 heavy (non-hydrogen) atoms. The summed E-state index contributed by atoms with van der Waals surface area (Å²) in [5.74, 6) is -0.663. The molecule has 1 saturated heterocycles. The Bertz CT molecular complexity index is 603. The molecule has 7 heteroatoms. The normalized spacial score (nSPS) is 21.3. The second-order valence-corrected chi connectivity index (χ2v) is 7.72. The summed E-state index contributed by atoms with van der Waals surface area (Å²) < 4.78 is 36.5. The van der Waals surface area contributed by atoms with Crippen LogP contribution in [0.25, 0.3) is 0 Å². The third kappa shape index (κ3) is 3.33. The van der Waals surface area contributed by atoms with E-state index in [0.29, 0.717) is 17.3 Å². The van der Waals surface area contributed by atoms with E-state index in [1.807, 2.05) is 0 Å². The van der Waals surface area contributed by atoms with Gasteiger partial charge in [-0.25, -0.2) is 12.8 Å². The molecule has 0 aromatic heterocycles. The van der Waals surface area contributed by atoms with Crippen LogP contribution in [0.5, 0.6) is 0 Å². The Morgan fingerprint density at radius 1 is 1.47 bits per heavy atom. The van der Waals surface area contributed by atoms with Gasteiger partial charge in [0.25, 0.3) is 5.91 Å². The molecule has 1 N–H and O–H groups in total. The van der Waals surface area contributed by atoms with E-state index in [0.717, 1.165) is 0 Å². The predicted molar refractivity (Wildman–Crippen MR) is 73.2 cm³/mol. The number of halogens is 2. The van der Waals surface area contributed by atoms with E-state index in [9.17, 15) is 17.6 Å². The smallest absolute Gasteiger partial charge is 0.252 e. The van der Waals surface area contributed by atoms with Crippen molar-refractivity contribution in [1.82, 2.24) is 5.32 Å². The van der Waals surface area contributed by atoms with Crippen molar-refractivity contribution in [2.45, 2.75) is 18.1 Å². The van der Waals surface area contributed by atoms with Crippen molar-refractivity contribution in [3.63, 3.8) is 0 Å². The van der Waals surface area contributed by atoms with Crippen molar-refractivity contribution in [1.29, 1.82) is 0 Å². The van der Waals surface area contributed by atoms with Crippen LogP contribution in [0.1, 0.15) is 23.2 Å². The van der Waals surface area contributed by atoms with Gasteiger partial charge in [0.05, 0.1) is 16.6 Å². The number of hydrogen-bond donors (Lipinski definition) is 1. The Hall–Kier alpha value is -0.950. The molecule has 1 amide bonds. The van der Waals surface area contributed by atoms with Gasteiger partial charge in [0, 0.05) is 11.0 Å². The molecule has 1 atom stereocenters. The molecule has 1 fully saturated rings. The number of nitrogens with one attached hydrogen (secondary N) is 1. The van der Waals surface area contributed by atoms with Crippen LogP contribution < -0.4 is 5.32 Å². The summed E-state index contributed by atoms with van der Waals surface area (Å²) in [5, 5.41) is 2.08. The molecule has 0 spiro atoms. The maximum absolute atomic E-state index is 12.9. The quantitative estimate of drug-likeness (QED) is 0.906. The summed E-state index contributed by atoms with van der Waals surface area (Å²) in [4.78, 5) is 11.9. The highest BCUT2D eigenvalue weighted by Crippen LogP contribution is 2.20. The highest BCUT2D eigenvalue weighted by molar-refractivity contribution is 9.10. The minimum absolute atomic E-state index is 0.102. The number of benzene rings is 1. The molecule has 4 nitrogen and oxygen atoms in total. The van der Waals surface area contributed by atoms with Crippen LogP contribution in [0.3, 0.4) is 0 Å². The lowest BCUT2D eigenvalue weighted by Crippen LogP contribution is -2.34. The first-order chi connectivity index (χ1) is 8.90. The Balaban J connectivity index is 2.02. The monoisotopic (exact) mass is 349 g/mol. The van der Waals surface area contributed by atoms with Crippen molar-refractivity contribution in [3.8, 4) is 0 Å². The Kier molecular flexibility index (Phi) is 4.25. The van der Waals surface area contributed by atoms with Crippen LogP contribution in [0.4, 0.5) is 4.39 Å². The molecule has 1 aromatic carbocycles. The Labute approximate surface area is 119 Å². The van der Waals surface area contributed by atoms with Crippen LogP contribution >= 0.6 is 15.9 Å². The van der Waals surface area contributed by atoms with Gasteiger partial charge >= 0.3 is 0 Å². The summed E-state index contributed by atoms with van der Waals surface area (Å²) >= 11 is 3.10. The zero-order chi connectivity index (χ0) is 14.0. The van der Waals surface area contributed by atoms with Gasteiger partial charge in [0.2, 0.25) is 0 Å². The van der Waals surface area contributed by atoms with Crippen LogP contribution in [0, 0.1) is 5.82 Å². The van der Waals surface area contributed by atoms with Crippen LogP contribution in [-0.2, 0) is 9.84 Å². The minimum Gasteiger partial charge on any atom is -0.351 e. The summed E-state index contributed by atoms with van der Waals surface area (Å²) in [7, 11) is -3.07. The van der Waals surface area contributed by atoms with Gasteiger partial charge in [0.1, 0.15) is 5.82 Å². The molecule has 1 aliphatic heterocycles. The molecule has 104 valence electrons. The molecule has 0 bridgehead atoms. The van der Waals surface area contributed by atoms with Crippen LogP contribution in [0.2, 0.25) is 0 Å². The largest absolute Gasteiger partial charge is 0.351 e. The predicted octanol–water partition coefficient (Wildman–Crippen LogP) is 1.90. The van der Waals surface area contributed by atoms with Crippen molar-refractivity contribution in [3.05, 3.63) is 34.1 Å². The van der Waals surface area contributed by atoms with Crippen LogP contribution in [-0.4, -0.2) is 31.9 Å². The zero-order valence-corrected chi connectivity index (χ0v) is 12.4. The lowest BCUT2D eigenvalue weighted by atomic mass is 10.2. The van der Waals surface area contributed by atoms with Gasteiger partial charge in [-0.3, -0.25) is 4.79 Å². The molecule has 1 heterocycles. The highest BCUT2D eigenvalue weighted by Gasteiger charge is 2.31. The first-order valence-electron chi connectivity index (χ1n) is 5.85. The van der Waals surface area contributed by atoms with E-state index in [1.54, 1.807) is 0 Å². The van der Waals surface area contributed by atoms with Crippen molar-refractivity contribution in [2.75, 3.05) is 12.3 Å². The zero-order valence-electron chi connectivity index (χ0n) is 10.0. The molecular formula is C12H13BrFNO3S. The minimum atomic E-state index is -3.07. The van der Waals surface area contributed by atoms with Gasteiger partial charge in [0.15, 0.2) is 9.84 Å². The van der Waals surface area contributed by atoms with Gasteiger partial charge in [-0.2, -0.15) is 0 Å². The van der Waals surface area contributed by atoms with E-state index in [2.05, 4.69) is 21.2 Å². The number of amides is 1.